The van der Waals surface area contributed by atoms with E-state index in [1.54, 1.807) is 24.3 Å². The number of esters is 1. The minimum atomic E-state index is -3.86. The molecule has 1 aromatic carbocycles. The Kier molecular flexibility index (Phi) is 16.2. The summed E-state index contributed by atoms with van der Waals surface area (Å²) in [5.74, 6) is -2.00. The van der Waals surface area contributed by atoms with Gasteiger partial charge < -0.3 is 9.64 Å². The van der Waals surface area contributed by atoms with E-state index in [0.717, 1.165) is 28.8 Å². The molecule has 234 valence electrons. The number of carbonyl (C=O) groups is 2. The van der Waals surface area contributed by atoms with Gasteiger partial charge in [-0.1, -0.05) is 96.1 Å². The van der Waals surface area contributed by atoms with Crippen molar-refractivity contribution in [2.24, 2.45) is 0 Å². The third-order valence-electron chi connectivity index (χ3n) is 7.02. The molecule has 0 unspecified atom stereocenters. The van der Waals surface area contributed by atoms with Crippen LogP contribution in [0.15, 0.2) is 53.4 Å². The molecular weight excluding hydrogens is 554 g/mol. The molecule has 0 saturated heterocycles. The zero-order chi connectivity index (χ0) is 30.8. The fourth-order valence-electron chi connectivity index (χ4n) is 4.69. The van der Waals surface area contributed by atoms with E-state index in [1.165, 1.54) is 87.8 Å². The number of unbranched alkanes of at least 4 members (excludes halogenated alkanes) is 12. The van der Waals surface area contributed by atoms with Gasteiger partial charge in [-0.15, -0.1) is 0 Å². The van der Waals surface area contributed by atoms with Crippen molar-refractivity contribution in [2.45, 2.75) is 108 Å². The highest BCUT2D eigenvalue weighted by Crippen LogP contribution is 2.19. The van der Waals surface area contributed by atoms with Crippen molar-refractivity contribution >= 4 is 28.0 Å². The van der Waals surface area contributed by atoms with Gasteiger partial charge in [-0.25, -0.2) is 17.9 Å². The number of ether oxygens (including phenoxy) is 1. The van der Waals surface area contributed by atoms with Gasteiger partial charge in [-0.3, -0.25) is 14.8 Å². The highest BCUT2D eigenvalue weighted by Gasteiger charge is 2.19. The first kappa shape index (κ1) is 35.2. The van der Waals surface area contributed by atoms with E-state index in [-0.39, 0.29) is 11.3 Å². The standard InChI is InChI=1S/C32H49N3O6S/c1-4-5-6-7-8-9-10-11-12-13-14-15-16-17-31(36)41-30(32(37)33-38)24-28-22-23-35(26-28)42(39,40)29-20-18-27(19-21-29)25-34(2)3/h18-24,26,38H,4-17,25H2,1-3H3,(H,33,37)/b30-24+. The lowest BCUT2D eigenvalue weighted by molar-refractivity contribution is -0.144. The Morgan fingerprint density at radius 3 is 1.95 bits per heavy atom. The average molecular weight is 604 g/mol. The molecular formula is C32H49N3O6S. The van der Waals surface area contributed by atoms with Crippen LogP contribution in [-0.2, 0) is 30.9 Å². The second-order valence-corrected chi connectivity index (χ2v) is 12.9. The highest BCUT2D eigenvalue weighted by atomic mass is 32.2. The van der Waals surface area contributed by atoms with Crippen LogP contribution in [-0.4, -0.2) is 48.5 Å². The lowest BCUT2D eigenvalue weighted by Crippen LogP contribution is -2.23. The zero-order valence-electron chi connectivity index (χ0n) is 25.5. The largest absolute Gasteiger partial charge is 0.421 e. The van der Waals surface area contributed by atoms with Gasteiger partial charge in [0.05, 0.1) is 4.90 Å². The van der Waals surface area contributed by atoms with Gasteiger partial charge >= 0.3 is 11.9 Å². The van der Waals surface area contributed by atoms with Crippen molar-refractivity contribution in [2.75, 3.05) is 14.1 Å². The van der Waals surface area contributed by atoms with Gasteiger partial charge in [0.1, 0.15) is 0 Å². The van der Waals surface area contributed by atoms with E-state index in [2.05, 4.69) is 6.92 Å². The summed E-state index contributed by atoms with van der Waals surface area (Å²) in [6, 6.07) is 8.09. The summed E-state index contributed by atoms with van der Waals surface area (Å²) in [5.41, 5.74) is 2.77. The summed E-state index contributed by atoms with van der Waals surface area (Å²) in [4.78, 5) is 26.6. The Hall–Kier alpha value is -2.95. The Morgan fingerprint density at radius 1 is 0.881 bits per heavy atom. The Bertz CT molecular complexity index is 1220. The molecule has 0 bridgehead atoms. The van der Waals surface area contributed by atoms with Crippen molar-refractivity contribution < 1.29 is 28.0 Å². The minimum Gasteiger partial charge on any atom is -0.421 e. The van der Waals surface area contributed by atoms with Crippen molar-refractivity contribution in [3.63, 3.8) is 0 Å². The van der Waals surface area contributed by atoms with Gasteiger partial charge in [-0.05, 0) is 55.9 Å². The highest BCUT2D eigenvalue weighted by molar-refractivity contribution is 7.90. The summed E-state index contributed by atoms with van der Waals surface area (Å²) >= 11 is 0. The van der Waals surface area contributed by atoms with Crippen LogP contribution in [0.4, 0.5) is 0 Å². The number of aromatic nitrogens is 1. The van der Waals surface area contributed by atoms with E-state index in [0.29, 0.717) is 18.5 Å². The number of hydrogen-bond acceptors (Lipinski definition) is 7. The molecule has 2 N–H and O–H groups in total. The molecule has 0 aliphatic heterocycles. The Balaban J connectivity index is 1.82. The normalized spacial score (nSPS) is 12.1. The van der Waals surface area contributed by atoms with Crippen LogP contribution in [0.2, 0.25) is 0 Å². The molecule has 0 fully saturated rings. The summed E-state index contributed by atoms with van der Waals surface area (Å²) in [6.07, 6.45) is 19.5. The molecule has 0 aliphatic carbocycles. The molecule has 0 saturated carbocycles. The fourth-order valence-corrected chi connectivity index (χ4v) is 5.89. The molecule has 0 aliphatic rings. The molecule has 2 aromatic rings. The minimum absolute atomic E-state index is 0.119. The maximum absolute atomic E-state index is 13.1. The summed E-state index contributed by atoms with van der Waals surface area (Å²) in [6.45, 7) is 2.92. The van der Waals surface area contributed by atoms with Crippen molar-refractivity contribution in [3.05, 3.63) is 59.6 Å². The summed E-state index contributed by atoms with van der Waals surface area (Å²) in [5, 5.41) is 9.12. The molecule has 1 amide bonds. The van der Waals surface area contributed by atoms with Gasteiger partial charge in [0, 0.05) is 25.4 Å². The van der Waals surface area contributed by atoms with Gasteiger partial charge in [0.25, 0.3) is 10.0 Å². The molecule has 1 aromatic heterocycles. The van der Waals surface area contributed by atoms with Gasteiger partial charge in [0.15, 0.2) is 5.76 Å². The summed E-state index contributed by atoms with van der Waals surface area (Å²) in [7, 11) is 0.00201. The lowest BCUT2D eigenvalue weighted by Gasteiger charge is -2.10. The number of carbonyl (C=O) groups excluding carboxylic acids is 2. The number of amides is 1. The number of rotatable bonds is 21. The number of nitrogens with one attached hydrogen (secondary N) is 1. The van der Waals surface area contributed by atoms with Crippen LogP contribution in [0.25, 0.3) is 6.08 Å². The number of benzene rings is 1. The SMILES string of the molecule is CCCCCCCCCCCCCCCC(=O)O/C(=C/c1ccn(S(=O)(=O)c2ccc(CN(C)C)cc2)c1)C(=O)NO. The molecule has 1 heterocycles. The van der Waals surface area contributed by atoms with E-state index in [1.807, 2.05) is 19.0 Å². The second-order valence-electron chi connectivity index (χ2n) is 11.1. The van der Waals surface area contributed by atoms with E-state index in [4.69, 9.17) is 9.94 Å². The van der Waals surface area contributed by atoms with E-state index >= 15 is 0 Å². The Labute approximate surface area is 252 Å². The lowest BCUT2D eigenvalue weighted by atomic mass is 10.0. The third-order valence-corrected chi connectivity index (χ3v) is 8.67. The van der Waals surface area contributed by atoms with Crippen molar-refractivity contribution in [1.29, 1.82) is 0 Å². The second kappa shape index (κ2) is 19.3. The Morgan fingerprint density at radius 2 is 1.43 bits per heavy atom. The quantitative estimate of drug-likeness (QED) is 0.0409. The summed E-state index contributed by atoms with van der Waals surface area (Å²) < 4.78 is 32.4. The van der Waals surface area contributed by atoms with Crippen LogP contribution in [0.1, 0.15) is 108 Å². The molecule has 42 heavy (non-hydrogen) atoms. The monoisotopic (exact) mass is 603 g/mol. The van der Waals surface area contributed by atoms with Crippen LogP contribution >= 0.6 is 0 Å². The van der Waals surface area contributed by atoms with Gasteiger partial charge in [0.2, 0.25) is 0 Å². The number of hydrogen-bond donors (Lipinski definition) is 2. The van der Waals surface area contributed by atoms with Gasteiger partial charge in [-0.2, -0.15) is 0 Å². The maximum Gasteiger partial charge on any atom is 0.311 e. The topological polar surface area (TPSA) is 118 Å². The molecule has 0 spiro atoms. The van der Waals surface area contributed by atoms with Crippen molar-refractivity contribution in [1.82, 2.24) is 14.4 Å². The average Bonchev–Trinajstić information content (AvgIpc) is 3.44. The smallest absolute Gasteiger partial charge is 0.311 e. The maximum atomic E-state index is 13.1. The molecule has 0 radical (unpaired) electrons. The predicted octanol–water partition coefficient (Wildman–Crippen LogP) is 6.66. The first-order valence-electron chi connectivity index (χ1n) is 15.2. The van der Waals surface area contributed by atoms with Crippen LogP contribution in [0, 0.1) is 0 Å². The third kappa shape index (κ3) is 12.9. The van der Waals surface area contributed by atoms with Crippen LogP contribution in [0.5, 0.6) is 0 Å². The number of nitrogens with zero attached hydrogens (tertiary/aromatic N) is 2. The molecule has 10 heteroatoms. The van der Waals surface area contributed by atoms with Crippen molar-refractivity contribution in [3.8, 4) is 0 Å². The first-order chi connectivity index (χ1) is 20.2. The molecule has 2 rings (SSSR count). The predicted molar refractivity (Wildman–Crippen MR) is 165 cm³/mol. The fraction of sp³-hybridized carbons (Fsp3) is 0.562. The molecule has 9 nitrogen and oxygen atoms in total. The van der Waals surface area contributed by atoms with Crippen LogP contribution in [0.3, 0.4) is 0 Å². The zero-order valence-corrected chi connectivity index (χ0v) is 26.3. The number of hydroxylamine groups is 1. The van der Waals surface area contributed by atoms with E-state index < -0.39 is 27.7 Å². The molecule has 0 atom stereocenters. The first-order valence-corrected chi connectivity index (χ1v) is 16.7. The van der Waals surface area contributed by atoms with Crippen LogP contribution < -0.4 is 5.48 Å². The van der Waals surface area contributed by atoms with E-state index in [9.17, 15) is 18.0 Å².